The fourth-order valence-corrected chi connectivity index (χ4v) is 12.8. The number of aryl methyl sites for hydroxylation is 5. The third-order valence-corrected chi connectivity index (χ3v) is 19.4. The van der Waals surface area contributed by atoms with E-state index in [0.29, 0.717) is 85.7 Å². The monoisotopic (exact) mass is 1540 g/mol. The van der Waals surface area contributed by atoms with Crippen molar-refractivity contribution < 1.29 is 101 Å². The number of hydrogen-bond acceptors (Lipinski definition) is 26. The summed E-state index contributed by atoms with van der Waals surface area (Å²) >= 11 is -9.15. The Bertz CT molecular complexity index is 3690. The summed E-state index contributed by atoms with van der Waals surface area (Å²) in [5, 5.41) is 13.4. The van der Waals surface area contributed by atoms with Gasteiger partial charge in [-0.25, -0.2) is 18.2 Å². The van der Waals surface area contributed by atoms with Crippen molar-refractivity contribution in [2.45, 2.75) is 184 Å². The van der Waals surface area contributed by atoms with Gasteiger partial charge in [-0.05, 0) is 193 Å². The summed E-state index contributed by atoms with van der Waals surface area (Å²) in [5.74, 6) is 0.511. The van der Waals surface area contributed by atoms with Crippen LogP contribution < -0.4 is 17.9 Å². The van der Waals surface area contributed by atoms with Crippen molar-refractivity contribution in [3.63, 3.8) is 0 Å². The minimum absolute atomic E-state index is 0.0574. The van der Waals surface area contributed by atoms with Crippen LogP contribution in [-0.4, -0.2) is 117 Å². The number of nitrogens with one attached hydrogen (secondary N) is 1. The highest BCUT2D eigenvalue weighted by Crippen LogP contribution is 2.29. The molecule has 0 bridgehead atoms. The average molecular weight is 1540 g/mol. The fraction of sp³-hybridized carbons (Fsp3) is 0.435. The molecule has 6 aromatic carbocycles. The Balaban J connectivity index is 0.000000286. The summed E-state index contributed by atoms with van der Waals surface area (Å²) in [5.41, 5.74) is 5.21. The van der Waals surface area contributed by atoms with E-state index in [9.17, 15) is 49.2 Å². The molecule has 2 saturated carbocycles. The molecule has 0 aliphatic heterocycles. The molecule has 27 nitrogen and oxygen atoms in total. The lowest BCUT2D eigenvalue weighted by molar-refractivity contribution is -0.384. The Labute approximate surface area is 610 Å². The maximum absolute atomic E-state index is 12.1. The van der Waals surface area contributed by atoms with E-state index in [2.05, 4.69) is 17.0 Å². The van der Waals surface area contributed by atoms with Crippen molar-refractivity contribution in [2.24, 2.45) is 4.99 Å². The highest BCUT2D eigenvalue weighted by atomic mass is 32.2. The molecule has 6 aromatic rings. The molecule has 1 N–H and O–H groups in total. The summed E-state index contributed by atoms with van der Waals surface area (Å²) in [6, 6.07) is 40.4. The van der Waals surface area contributed by atoms with Gasteiger partial charge in [-0.2, -0.15) is 21.0 Å². The van der Waals surface area contributed by atoms with Gasteiger partial charge in [0.25, 0.3) is 15.8 Å². The van der Waals surface area contributed by atoms with E-state index in [0.717, 1.165) is 34.2 Å². The number of carbonyl (C=O) groups is 2. The predicted octanol–water partition coefficient (Wildman–Crippen LogP) is 12.7. The van der Waals surface area contributed by atoms with Crippen LogP contribution in [0.2, 0.25) is 0 Å². The first kappa shape index (κ1) is 87.5. The molecule has 8 rings (SSSR count). The fourth-order valence-electron chi connectivity index (χ4n) is 8.41. The smallest absolute Gasteiger partial charge is 0.360 e. The molecule has 7 unspecified atom stereocenters. The Morgan fingerprint density at radius 1 is 0.539 bits per heavy atom. The van der Waals surface area contributed by atoms with Crippen LogP contribution in [-0.2, 0) is 121 Å². The molecule has 0 heterocycles. The van der Waals surface area contributed by atoms with E-state index in [1.54, 1.807) is 74.5 Å². The molecule has 2 aliphatic carbocycles. The number of nitro groups is 1. The van der Waals surface area contributed by atoms with Gasteiger partial charge in [0, 0.05) is 25.0 Å². The SMILES string of the molecule is C=NCNC.CCC(=O)OCC(C)OS(=O)(=O)c1ccc(C)cc1.CCCC(=O)OCC(C)OS(=O)Oc1ccc(C)cc1.Cc1ccc(OS(=O)OC2CCC(OOS(=O)c3ccc(C)cc3)CC2)cc1.Cc1ccc(S(=O)OOC2CCC(OS(=O)Oc3ccc([N+](=O)[O-])cc3)CC2)cc1. The number of hydrogen-bond donors (Lipinski definition) is 1. The molecule has 33 heteroatoms. The second-order valence-electron chi connectivity index (χ2n) is 22.9. The van der Waals surface area contributed by atoms with Gasteiger partial charge in [0.2, 0.25) is 22.2 Å². The van der Waals surface area contributed by atoms with Crippen molar-refractivity contribution >= 4 is 90.7 Å². The number of nitrogens with zero attached hydrogens (tertiary/aromatic N) is 2. The van der Waals surface area contributed by atoms with Crippen LogP contribution in [0.5, 0.6) is 17.2 Å². The molecule has 0 spiro atoms. The zero-order chi connectivity index (χ0) is 75.0. The lowest BCUT2D eigenvalue weighted by Gasteiger charge is -2.26. The predicted molar refractivity (Wildman–Crippen MR) is 386 cm³/mol. The zero-order valence-corrected chi connectivity index (χ0v) is 63.5. The first-order valence-electron chi connectivity index (χ1n) is 32.4. The van der Waals surface area contributed by atoms with E-state index in [4.69, 9.17) is 57.2 Å². The second kappa shape index (κ2) is 48.2. The van der Waals surface area contributed by atoms with E-state index < -0.39 is 83.5 Å². The quantitative estimate of drug-likeness (QED) is 0.00998. The van der Waals surface area contributed by atoms with Crippen LogP contribution in [0.1, 0.15) is 126 Å². The summed E-state index contributed by atoms with van der Waals surface area (Å²) < 4.78 is 140. The number of ether oxygens (including phenoxy) is 2. The molecular formula is C69H91N3O24S6. The van der Waals surface area contributed by atoms with Gasteiger partial charge in [-0.15, -0.1) is 8.67 Å². The van der Waals surface area contributed by atoms with Crippen LogP contribution in [0.15, 0.2) is 165 Å². The van der Waals surface area contributed by atoms with Gasteiger partial charge in [-0.1, -0.05) is 102 Å². The second-order valence-corrected chi connectivity index (χ2v) is 29.0. The standard InChI is InChI=1S/C20H24O6S2.C19H21NO8S2.C14H20O5S.C13H18O5S.C3H8N2/c1-15-3-7-18(8-4-15)24-28(22)25-19-11-9-17(10-12-19)23-26-27(21)20-13-5-16(2)6-14-20;1-14-2-12-19(13-3-14)29(23)28-25-16-8-10-18(11-9-16)27-30(24)26-17-6-4-15(5-7-17)20(21)22;1-4-5-14(15)17-10-12(3)18-20(16)19-13-8-6-11(2)7-9-13;1-4-13(14)17-9-11(3)18-19(15,16)12-7-5-10(2)6-8-12;1-4-3-5-2/h3-8,13-14,17,19H,9-12H2,1-2H3;2-7,12-13,16,18H,8-11H2,1H3;6-9,12H,4-5,10H2,1-3H3;5-8,11H,4,9H2,1-3H3;5H,1,3H2,2H3. The number of benzene rings is 6. The number of non-ortho nitro benzene ring substituents is 1. The topological polar surface area (TPSA) is 341 Å². The van der Waals surface area contributed by atoms with Crippen LogP contribution in [0.3, 0.4) is 0 Å². The highest BCUT2D eigenvalue weighted by Gasteiger charge is 2.28. The molecule has 102 heavy (non-hydrogen) atoms. The summed E-state index contributed by atoms with van der Waals surface area (Å²) in [6.07, 6.45) is 4.24. The van der Waals surface area contributed by atoms with Crippen LogP contribution >= 0.6 is 0 Å². The maximum Gasteiger partial charge on any atom is 0.360 e. The van der Waals surface area contributed by atoms with Crippen molar-refractivity contribution in [1.29, 1.82) is 0 Å². The third kappa shape index (κ3) is 36.5. The van der Waals surface area contributed by atoms with Crippen molar-refractivity contribution in [1.82, 2.24) is 5.32 Å². The van der Waals surface area contributed by atoms with Crippen LogP contribution in [0, 0.1) is 44.7 Å². The molecule has 2 aliphatic rings. The summed E-state index contributed by atoms with van der Waals surface area (Å²) in [4.78, 5) is 47.5. The number of aliphatic imine (C=N–C) groups is 1. The van der Waals surface area contributed by atoms with Gasteiger partial charge >= 0.3 is 46.0 Å². The Kier molecular flexibility index (Phi) is 41.3. The molecule has 2 fully saturated rings. The number of rotatable bonds is 33. The minimum Gasteiger partial charge on any atom is -0.463 e. The summed E-state index contributed by atoms with van der Waals surface area (Å²) in [7, 11) is -1.99. The highest BCUT2D eigenvalue weighted by molar-refractivity contribution is 7.86. The van der Waals surface area contributed by atoms with Gasteiger partial charge in [0.15, 0.2) is 0 Å². The van der Waals surface area contributed by atoms with E-state index >= 15 is 0 Å². The summed E-state index contributed by atoms with van der Waals surface area (Å²) in [6.45, 7) is 20.3. The van der Waals surface area contributed by atoms with Crippen molar-refractivity contribution in [3.8, 4) is 17.2 Å². The van der Waals surface area contributed by atoms with Gasteiger partial charge < -0.3 is 27.3 Å². The third-order valence-electron chi connectivity index (χ3n) is 14.0. The zero-order valence-electron chi connectivity index (χ0n) is 58.6. The molecule has 0 radical (unpaired) electrons. The van der Waals surface area contributed by atoms with Gasteiger partial charge in [-0.3, -0.25) is 41.4 Å². The van der Waals surface area contributed by atoms with Crippen LogP contribution in [0.4, 0.5) is 5.69 Å². The lowest BCUT2D eigenvalue weighted by atomic mass is 9.95. The first-order valence-corrected chi connectivity index (χ1v) is 39.0. The normalized spacial score (nSPS) is 17.6. The van der Waals surface area contributed by atoms with Crippen molar-refractivity contribution in [2.75, 3.05) is 26.9 Å². The Morgan fingerprint density at radius 3 is 1.25 bits per heavy atom. The largest absolute Gasteiger partial charge is 0.463 e. The number of nitro benzene ring substituents is 1. The van der Waals surface area contributed by atoms with E-state index in [1.165, 1.54) is 43.3 Å². The molecule has 562 valence electrons. The maximum atomic E-state index is 12.1. The van der Waals surface area contributed by atoms with Crippen molar-refractivity contribution in [3.05, 3.63) is 184 Å². The molecule has 0 saturated heterocycles. The first-order chi connectivity index (χ1) is 48.7. The number of carbonyl (C=O) groups excluding carboxylic acids is 2. The lowest BCUT2D eigenvalue weighted by Crippen LogP contribution is -2.28. The number of esters is 2. The van der Waals surface area contributed by atoms with Gasteiger partial charge in [0.05, 0.1) is 50.7 Å². The van der Waals surface area contributed by atoms with Crippen LogP contribution in [0.25, 0.3) is 0 Å². The minimum atomic E-state index is -3.82. The molecule has 0 amide bonds. The Morgan fingerprint density at radius 2 is 0.892 bits per heavy atom. The Hall–Kier alpha value is -6.93. The van der Waals surface area contributed by atoms with E-state index in [-0.39, 0.29) is 72.3 Å². The molecule has 0 aromatic heterocycles. The molecule has 7 atom stereocenters. The van der Waals surface area contributed by atoms with E-state index in [1.807, 2.05) is 97.1 Å². The average Bonchev–Trinajstić information content (AvgIpc) is 0.843. The van der Waals surface area contributed by atoms with Gasteiger partial charge in [0.1, 0.15) is 42.7 Å². The molecular weight excluding hydrogens is 1450 g/mol.